The first kappa shape index (κ1) is 12.7. The standard InChI is InChI=1S/C15H12BrNO/c1-11-2-4-12(5-3-11)10-17-15(18)13-6-8-14(16)9-7-13/h2-10H,1H3. The molecule has 3 heteroatoms. The molecule has 2 nitrogen and oxygen atoms in total. The number of carbonyl (C=O) groups excluding carboxylic acids is 1. The molecule has 0 N–H and O–H groups in total. The molecule has 0 radical (unpaired) electrons. The second kappa shape index (κ2) is 5.74. The van der Waals surface area contributed by atoms with Crippen molar-refractivity contribution in [2.45, 2.75) is 6.92 Å². The third kappa shape index (κ3) is 3.37. The number of aliphatic imine (C=N–C) groups is 1. The van der Waals surface area contributed by atoms with Gasteiger partial charge >= 0.3 is 0 Å². The lowest BCUT2D eigenvalue weighted by Gasteiger charge is -1.96. The topological polar surface area (TPSA) is 29.4 Å². The minimum Gasteiger partial charge on any atom is -0.267 e. The molecule has 2 aromatic rings. The van der Waals surface area contributed by atoms with Gasteiger partial charge in [0.05, 0.1) is 0 Å². The maximum Gasteiger partial charge on any atom is 0.276 e. The van der Waals surface area contributed by atoms with Gasteiger partial charge in [0.15, 0.2) is 0 Å². The van der Waals surface area contributed by atoms with Crippen LogP contribution in [0.5, 0.6) is 0 Å². The molecule has 0 saturated heterocycles. The van der Waals surface area contributed by atoms with E-state index in [1.165, 1.54) is 5.56 Å². The van der Waals surface area contributed by atoms with Crippen LogP contribution in [0.4, 0.5) is 0 Å². The number of amides is 1. The molecule has 1 amide bonds. The quantitative estimate of drug-likeness (QED) is 0.771. The van der Waals surface area contributed by atoms with Crippen LogP contribution >= 0.6 is 15.9 Å². The molecule has 0 aromatic heterocycles. The molecular weight excluding hydrogens is 290 g/mol. The molecule has 0 atom stereocenters. The number of benzene rings is 2. The average Bonchev–Trinajstić information content (AvgIpc) is 2.38. The van der Waals surface area contributed by atoms with E-state index in [-0.39, 0.29) is 5.91 Å². The zero-order valence-corrected chi connectivity index (χ0v) is 11.5. The number of carbonyl (C=O) groups is 1. The molecule has 0 fully saturated rings. The fourth-order valence-electron chi connectivity index (χ4n) is 1.45. The van der Waals surface area contributed by atoms with Crippen LogP contribution in [0.2, 0.25) is 0 Å². The molecule has 0 aliphatic heterocycles. The summed E-state index contributed by atoms with van der Waals surface area (Å²) >= 11 is 3.33. The highest BCUT2D eigenvalue weighted by Gasteiger charge is 2.01. The SMILES string of the molecule is Cc1ccc(C=NC(=O)c2ccc(Br)cc2)cc1. The predicted octanol–water partition coefficient (Wildman–Crippen LogP) is 4.02. The number of aryl methyl sites for hydroxylation is 1. The molecule has 0 aliphatic carbocycles. The summed E-state index contributed by atoms with van der Waals surface area (Å²) in [7, 11) is 0. The zero-order chi connectivity index (χ0) is 13.0. The molecule has 18 heavy (non-hydrogen) atoms. The Morgan fingerprint density at radius 2 is 1.67 bits per heavy atom. The Bertz CT molecular complexity index is 570. The van der Waals surface area contributed by atoms with Crippen LogP contribution in [0.3, 0.4) is 0 Å². The van der Waals surface area contributed by atoms with E-state index in [2.05, 4.69) is 20.9 Å². The Balaban J connectivity index is 2.11. The Morgan fingerprint density at radius 3 is 2.28 bits per heavy atom. The minimum atomic E-state index is -0.233. The van der Waals surface area contributed by atoms with Crippen molar-refractivity contribution in [1.29, 1.82) is 0 Å². The van der Waals surface area contributed by atoms with Crippen LogP contribution in [0.25, 0.3) is 0 Å². The highest BCUT2D eigenvalue weighted by molar-refractivity contribution is 9.10. The first-order valence-corrected chi connectivity index (χ1v) is 6.35. The van der Waals surface area contributed by atoms with E-state index >= 15 is 0 Å². The maximum absolute atomic E-state index is 11.8. The Kier molecular flexibility index (Phi) is 4.05. The summed E-state index contributed by atoms with van der Waals surface area (Å²) in [6.07, 6.45) is 1.59. The molecule has 0 spiro atoms. The smallest absolute Gasteiger partial charge is 0.267 e. The molecule has 0 heterocycles. The fourth-order valence-corrected chi connectivity index (χ4v) is 1.72. The average molecular weight is 302 g/mol. The van der Waals surface area contributed by atoms with Crippen LogP contribution in [0.1, 0.15) is 21.5 Å². The van der Waals surface area contributed by atoms with E-state index in [9.17, 15) is 4.79 Å². The zero-order valence-electron chi connectivity index (χ0n) is 9.93. The van der Waals surface area contributed by atoms with Crippen molar-refractivity contribution < 1.29 is 4.79 Å². The van der Waals surface area contributed by atoms with Crippen molar-refractivity contribution in [2.24, 2.45) is 4.99 Å². The molecule has 0 aliphatic rings. The number of hydrogen-bond donors (Lipinski definition) is 0. The third-order valence-corrected chi connectivity index (χ3v) is 3.03. The van der Waals surface area contributed by atoms with Crippen molar-refractivity contribution in [3.8, 4) is 0 Å². The first-order valence-electron chi connectivity index (χ1n) is 5.56. The van der Waals surface area contributed by atoms with Gasteiger partial charge < -0.3 is 0 Å². The van der Waals surface area contributed by atoms with Gasteiger partial charge in [-0.25, -0.2) is 4.99 Å². The van der Waals surface area contributed by atoms with Gasteiger partial charge in [0.2, 0.25) is 0 Å². The summed E-state index contributed by atoms with van der Waals surface area (Å²) < 4.78 is 0.946. The van der Waals surface area contributed by atoms with Crippen molar-refractivity contribution in [2.75, 3.05) is 0 Å². The van der Waals surface area contributed by atoms with Gasteiger partial charge in [0, 0.05) is 16.3 Å². The molecule has 2 aromatic carbocycles. The van der Waals surface area contributed by atoms with E-state index in [1.54, 1.807) is 18.3 Å². The van der Waals surface area contributed by atoms with Crippen LogP contribution in [0, 0.1) is 6.92 Å². The second-order valence-corrected chi connectivity index (χ2v) is 4.90. The van der Waals surface area contributed by atoms with Gasteiger partial charge in [0.25, 0.3) is 5.91 Å². The van der Waals surface area contributed by atoms with Gasteiger partial charge in [-0.1, -0.05) is 45.8 Å². The van der Waals surface area contributed by atoms with Gasteiger partial charge in [-0.05, 0) is 36.8 Å². The fraction of sp³-hybridized carbons (Fsp3) is 0.0667. The Labute approximate surface area is 115 Å². The van der Waals surface area contributed by atoms with Crippen LogP contribution in [-0.2, 0) is 0 Å². The van der Waals surface area contributed by atoms with Crippen molar-refractivity contribution in [3.63, 3.8) is 0 Å². The Hall–Kier alpha value is -1.74. The van der Waals surface area contributed by atoms with E-state index in [0.29, 0.717) is 5.56 Å². The molecule has 0 unspecified atom stereocenters. The third-order valence-electron chi connectivity index (χ3n) is 2.50. The van der Waals surface area contributed by atoms with Crippen LogP contribution in [-0.4, -0.2) is 12.1 Å². The molecule has 0 saturated carbocycles. The molecular formula is C15H12BrNO. The van der Waals surface area contributed by atoms with Crippen molar-refractivity contribution in [3.05, 3.63) is 69.7 Å². The van der Waals surface area contributed by atoms with Crippen molar-refractivity contribution in [1.82, 2.24) is 0 Å². The van der Waals surface area contributed by atoms with E-state index < -0.39 is 0 Å². The lowest BCUT2D eigenvalue weighted by atomic mass is 10.2. The largest absolute Gasteiger partial charge is 0.276 e. The summed E-state index contributed by atoms with van der Waals surface area (Å²) in [4.78, 5) is 15.7. The summed E-state index contributed by atoms with van der Waals surface area (Å²) in [6.45, 7) is 2.02. The highest BCUT2D eigenvalue weighted by Crippen LogP contribution is 2.11. The van der Waals surface area contributed by atoms with Gasteiger partial charge in [-0.2, -0.15) is 0 Å². The number of hydrogen-bond acceptors (Lipinski definition) is 1. The van der Waals surface area contributed by atoms with E-state index in [1.807, 2.05) is 43.3 Å². The summed E-state index contributed by atoms with van der Waals surface area (Å²) in [5.41, 5.74) is 2.69. The van der Waals surface area contributed by atoms with Crippen LogP contribution in [0.15, 0.2) is 58.0 Å². The number of halogens is 1. The van der Waals surface area contributed by atoms with Gasteiger partial charge in [-0.15, -0.1) is 0 Å². The monoisotopic (exact) mass is 301 g/mol. The highest BCUT2D eigenvalue weighted by atomic mass is 79.9. The van der Waals surface area contributed by atoms with Gasteiger partial charge in [-0.3, -0.25) is 4.79 Å². The molecule has 90 valence electrons. The summed E-state index contributed by atoms with van der Waals surface area (Å²) in [5, 5.41) is 0. The lowest BCUT2D eigenvalue weighted by molar-refractivity contribution is 0.100. The second-order valence-electron chi connectivity index (χ2n) is 3.98. The predicted molar refractivity (Wildman–Crippen MR) is 77.2 cm³/mol. The summed E-state index contributed by atoms with van der Waals surface area (Å²) in [6, 6.07) is 15.0. The minimum absolute atomic E-state index is 0.233. The van der Waals surface area contributed by atoms with Gasteiger partial charge in [0.1, 0.15) is 0 Å². The van der Waals surface area contributed by atoms with Crippen LogP contribution < -0.4 is 0 Å². The maximum atomic E-state index is 11.8. The lowest BCUT2D eigenvalue weighted by Crippen LogP contribution is -1.95. The normalized spacial score (nSPS) is 10.8. The Morgan fingerprint density at radius 1 is 1.06 bits per heavy atom. The summed E-state index contributed by atoms with van der Waals surface area (Å²) in [5.74, 6) is -0.233. The number of rotatable bonds is 2. The van der Waals surface area contributed by atoms with E-state index in [0.717, 1.165) is 10.0 Å². The first-order chi connectivity index (χ1) is 8.65. The molecule has 0 bridgehead atoms. The van der Waals surface area contributed by atoms with Crippen molar-refractivity contribution >= 4 is 28.1 Å². The number of nitrogens with zero attached hydrogens (tertiary/aromatic N) is 1. The molecule has 2 rings (SSSR count). The van der Waals surface area contributed by atoms with E-state index in [4.69, 9.17) is 0 Å².